The zero-order chi connectivity index (χ0) is 20.5. The van der Waals surface area contributed by atoms with Crippen LogP contribution >= 0.6 is 0 Å². The smallest absolute Gasteiger partial charge is 0.316 e. The number of hydrogen-bond acceptors (Lipinski definition) is 4. The lowest BCUT2D eigenvalue weighted by molar-refractivity contribution is -0.145. The highest BCUT2D eigenvalue weighted by molar-refractivity contribution is 5.91. The molecule has 3 N–H and O–H groups in total. The quantitative estimate of drug-likeness (QED) is 0.163. The normalized spacial score (nSPS) is 14.1. The minimum atomic E-state index is -1.42. The Balaban J connectivity index is 4.31. The molecule has 0 aromatic heterocycles. The van der Waals surface area contributed by atoms with Gasteiger partial charge in [-0.3, -0.25) is 9.59 Å². The molecule has 0 aromatic rings. The van der Waals surface area contributed by atoms with E-state index in [1.807, 2.05) is 0 Å². The van der Waals surface area contributed by atoms with Crippen LogP contribution < -0.4 is 0 Å². The van der Waals surface area contributed by atoms with Gasteiger partial charge in [-0.1, -0.05) is 84.5 Å². The van der Waals surface area contributed by atoms with Crippen LogP contribution in [0.4, 0.5) is 0 Å². The van der Waals surface area contributed by atoms with E-state index in [1.54, 1.807) is 0 Å². The number of rotatable bonds is 18. The van der Waals surface area contributed by atoms with Crippen LogP contribution in [0.5, 0.6) is 0 Å². The molecule has 0 aromatic carbocycles. The van der Waals surface area contributed by atoms with Gasteiger partial charge in [0.05, 0.1) is 6.10 Å². The summed E-state index contributed by atoms with van der Waals surface area (Å²) in [4.78, 5) is 23.4. The lowest BCUT2D eigenvalue weighted by Gasteiger charge is -2.18. The Morgan fingerprint density at radius 1 is 0.778 bits per heavy atom. The first-order valence-corrected chi connectivity index (χ1v) is 10.8. The third-order valence-corrected chi connectivity index (χ3v) is 4.91. The fraction of sp³-hybridized carbons (Fsp3) is 0.818. The fourth-order valence-corrected chi connectivity index (χ4v) is 3.20. The fourth-order valence-electron chi connectivity index (χ4n) is 3.20. The third-order valence-electron chi connectivity index (χ3n) is 4.91. The monoisotopic (exact) mass is 384 g/mol. The van der Waals surface area contributed by atoms with Crippen molar-refractivity contribution in [3.8, 4) is 0 Å². The summed E-state index contributed by atoms with van der Waals surface area (Å²) >= 11 is 0. The van der Waals surface area contributed by atoms with Crippen molar-refractivity contribution in [2.24, 2.45) is 5.92 Å². The molecule has 0 radical (unpaired) electrons. The molecule has 0 aliphatic heterocycles. The molecule has 0 spiro atoms. The standard InChI is InChI=1S/C22H40O5/c1-3-5-7-9-10-12-13-15-18(23)17-20(25)21(22(26)27)19(24)16-14-11-8-6-4-2/h17,19,21,24-25H,3-16H2,1-2H3,(H,26,27). The molecule has 0 bridgehead atoms. The van der Waals surface area contributed by atoms with Crippen LogP contribution in [0.3, 0.4) is 0 Å². The molecular weight excluding hydrogens is 344 g/mol. The second-order valence-electron chi connectivity index (χ2n) is 7.49. The summed E-state index contributed by atoms with van der Waals surface area (Å²) in [6.07, 6.45) is 13.0. The van der Waals surface area contributed by atoms with Gasteiger partial charge in [0.2, 0.25) is 0 Å². The number of aliphatic carboxylic acids is 1. The van der Waals surface area contributed by atoms with E-state index in [-0.39, 0.29) is 5.78 Å². The lowest BCUT2D eigenvalue weighted by atomic mass is 9.94. The molecule has 2 unspecified atom stereocenters. The maximum Gasteiger partial charge on any atom is 0.316 e. The Kier molecular flexibility index (Phi) is 15.9. The van der Waals surface area contributed by atoms with Crippen molar-refractivity contribution in [1.82, 2.24) is 0 Å². The molecule has 0 heterocycles. The zero-order valence-corrected chi connectivity index (χ0v) is 17.3. The van der Waals surface area contributed by atoms with Crippen LogP contribution in [0.2, 0.25) is 0 Å². The first kappa shape index (κ1) is 25.6. The summed E-state index contributed by atoms with van der Waals surface area (Å²) in [6.45, 7) is 4.28. The van der Waals surface area contributed by atoms with Crippen LogP contribution in [0.1, 0.15) is 104 Å². The minimum absolute atomic E-state index is 0.276. The number of aliphatic hydroxyl groups excluding tert-OH is 2. The van der Waals surface area contributed by atoms with Crippen molar-refractivity contribution in [1.29, 1.82) is 0 Å². The summed E-state index contributed by atoms with van der Waals surface area (Å²) in [7, 11) is 0. The van der Waals surface area contributed by atoms with Crippen molar-refractivity contribution in [2.45, 2.75) is 110 Å². The molecule has 2 atom stereocenters. The summed E-state index contributed by atoms with van der Waals surface area (Å²) in [5.74, 6) is -3.53. The van der Waals surface area contributed by atoms with Crippen LogP contribution in [-0.4, -0.2) is 33.2 Å². The number of unbranched alkanes of at least 4 members (excludes halogenated alkanes) is 10. The molecule has 158 valence electrons. The van der Waals surface area contributed by atoms with Crippen molar-refractivity contribution in [2.75, 3.05) is 0 Å². The summed E-state index contributed by atoms with van der Waals surface area (Å²) in [5, 5.41) is 29.5. The van der Waals surface area contributed by atoms with E-state index in [1.165, 1.54) is 25.7 Å². The van der Waals surface area contributed by atoms with Crippen molar-refractivity contribution in [3.63, 3.8) is 0 Å². The number of carboxylic acid groups (broad SMARTS) is 1. The van der Waals surface area contributed by atoms with Crippen molar-refractivity contribution >= 4 is 11.8 Å². The Labute approximate surface area is 164 Å². The highest BCUT2D eigenvalue weighted by Crippen LogP contribution is 2.20. The van der Waals surface area contributed by atoms with Crippen LogP contribution in [0.25, 0.3) is 0 Å². The highest BCUT2D eigenvalue weighted by atomic mass is 16.4. The van der Waals surface area contributed by atoms with Gasteiger partial charge in [0.15, 0.2) is 5.78 Å². The average molecular weight is 385 g/mol. The van der Waals surface area contributed by atoms with Crippen LogP contribution in [-0.2, 0) is 9.59 Å². The third kappa shape index (κ3) is 13.5. The maximum atomic E-state index is 12.0. The van der Waals surface area contributed by atoms with Crippen molar-refractivity contribution < 1.29 is 24.9 Å². The van der Waals surface area contributed by atoms with E-state index in [9.17, 15) is 24.9 Å². The van der Waals surface area contributed by atoms with Crippen LogP contribution in [0, 0.1) is 5.92 Å². The molecule has 0 aliphatic rings. The molecule has 27 heavy (non-hydrogen) atoms. The van der Waals surface area contributed by atoms with Gasteiger partial charge in [-0.15, -0.1) is 0 Å². The first-order chi connectivity index (χ1) is 12.9. The number of hydrogen-bond donors (Lipinski definition) is 3. The Bertz CT molecular complexity index is 430. The van der Waals surface area contributed by atoms with Gasteiger partial charge in [0.25, 0.3) is 0 Å². The lowest BCUT2D eigenvalue weighted by Crippen LogP contribution is -2.30. The van der Waals surface area contributed by atoms with Gasteiger partial charge < -0.3 is 15.3 Å². The second-order valence-corrected chi connectivity index (χ2v) is 7.49. The largest absolute Gasteiger partial charge is 0.511 e. The highest BCUT2D eigenvalue weighted by Gasteiger charge is 2.30. The molecule has 0 amide bonds. The van der Waals surface area contributed by atoms with Gasteiger partial charge in [-0.2, -0.15) is 0 Å². The number of aliphatic hydroxyl groups is 2. The molecule has 0 fully saturated rings. The maximum absolute atomic E-state index is 12.0. The Morgan fingerprint density at radius 2 is 1.26 bits per heavy atom. The SMILES string of the molecule is CCCCCCCCCC(=O)C=C(O)C(C(=O)O)C(O)CCCCCCC. The molecule has 0 saturated heterocycles. The number of carbonyl (C=O) groups excluding carboxylic acids is 1. The summed E-state index contributed by atoms with van der Waals surface area (Å²) in [5.41, 5.74) is 0. The van der Waals surface area contributed by atoms with Gasteiger partial charge in [0.1, 0.15) is 11.7 Å². The van der Waals surface area contributed by atoms with Crippen molar-refractivity contribution in [3.05, 3.63) is 11.8 Å². The molecule has 0 rings (SSSR count). The van der Waals surface area contributed by atoms with E-state index in [4.69, 9.17) is 0 Å². The van der Waals surface area contributed by atoms with E-state index in [0.717, 1.165) is 51.0 Å². The summed E-state index contributed by atoms with van der Waals surface area (Å²) < 4.78 is 0. The first-order valence-electron chi connectivity index (χ1n) is 10.8. The van der Waals surface area contributed by atoms with Gasteiger partial charge in [-0.05, 0) is 12.8 Å². The molecule has 0 saturated carbocycles. The van der Waals surface area contributed by atoms with Crippen LogP contribution in [0.15, 0.2) is 11.8 Å². The molecule has 5 heteroatoms. The second kappa shape index (κ2) is 16.8. The minimum Gasteiger partial charge on any atom is -0.511 e. The predicted molar refractivity (Wildman–Crippen MR) is 109 cm³/mol. The Hall–Kier alpha value is -1.36. The molecular formula is C22H40O5. The van der Waals surface area contributed by atoms with E-state index in [0.29, 0.717) is 19.3 Å². The number of allylic oxidation sites excluding steroid dienone is 1. The number of carboxylic acids is 1. The molecule has 5 nitrogen and oxygen atoms in total. The van der Waals surface area contributed by atoms with E-state index >= 15 is 0 Å². The number of carbonyl (C=O) groups is 2. The zero-order valence-electron chi connectivity index (χ0n) is 17.3. The predicted octanol–water partition coefficient (Wildman–Crippen LogP) is 5.56. The van der Waals surface area contributed by atoms with Gasteiger partial charge in [-0.25, -0.2) is 0 Å². The Morgan fingerprint density at radius 3 is 1.78 bits per heavy atom. The van der Waals surface area contributed by atoms with E-state index < -0.39 is 23.8 Å². The number of ketones is 1. The topological polar surface area (TPSA) is 94.8 Å². The van der Waals surface area contributed by atoms with Gasteiger partial charge >= 0.3 is 5.97 Å². The van der Waals surface area contributed by atoms with E-state index in [2.05, 4.69) is 13.8 Å². The summed E-state index contributed by atoms with van der Waals surface area (Å²) in [6, 6.07) is 0. The average Bonchev–Trinajstić information content (AvgIpc) is 2.60. The van der Waals surface area contributed by atoms with Gasteiger partial charge in [0, 0.05) is 12.5 Å². The molecule has 0 aliphatic carbocycles.